The SMILES string of the molecule is N#Cc1cccc(-c2ccc3c4ccc(-c5cccc(C#N)c5)cc4n(-c4cc(C#N)cc(-n5c6cc(-c7cccc(C#N)c7)ccc6c6ccc(-c7cccc(C#N)c7)cc65)c4-c4c(C#N)cccc4C(F)(F)F)c3c2)c1. The Bertz CT molecular complexity index is 4330. The van der Waals surface area contributed by atoms with Gasteiger partial charge in [-0.3, -0.25) is 0 Å². The molecule has 0 unspecified atom stereocenters. The Hall–Kier alpha value is -11.5. The Labute approximate surface area is 444 Å². The van der Waals surface area contributed by atoms with Crippen LogP contribution in [0.1, 0.15) is 38.9 Å². The van der Waals surface area contributed by atoms with E-state index >= 15 is 13.2 Å². The van der Waals surface area contributed by atoms with Gasteiger partial charge in [0.1, 0.15) is 0 Å². The highest BCUT2D eigenvalue weighted by molar-refractivity contribution is 6.14. The minimum Gasteiger partial charge on any atom is -0.308 e. The zero-order valence-corrected chi connectivity index (χ0v) is 40.8. The van der Waals surface area contributed by atoms with Crippen molar-refractivity contribution < 1.29 is 13.2 Å². The van der Waals surface area contributed by atoms with E-state index in [-0.39, 0.29) is 28.1 Å². The summed E-state index contributed by atoms with van der Waals surface area (Å²) >= 11 is 0. The maximum absolute atomic E-state index is 16.1. The molecule has 78 heavy (non-hydrogen) atoms. The van der Waals surface area contributed by atoms with Crippen LogP contribution >= 0.6 is 0 Å². The number of hydrogen-bond donors (Lipinski definition) is 0. The molecule has 11 heteroatoms. The van der Waals surface area contributed by atoms with Gasteiger partial charge >= 0.3 is 6.18 Å². The maximum Gasteiger partial charge on any atom is 0.417 e. The number of rotatable bonds is 7. The van der Waals surface area contributed by atoms with Gasteiger partial charge in [-0.05, 0) is 142 Å². The molecule has 0 spiro atoms. The van der Waals surface area contributed by atoms with Gasteiger partial charge in [-0.2, -0.15) is 44.7 Å². The van der Waals surface area contributed by atoms with Crippen molar-refractivity contribution in [1.82, 2.24) is 9.13 Å². The molecule has 8 nitrogen and oxygen atoms in total. The van der Waals surface area contributed by atoms with Crippen LogP contribution in [0.15, 0.2) is 200 Å². The summed E-state index contributed by atoms with van der Waals surface area (Å²) in [6.07, 6.45) is -5.00. The molecule has 2 heterocycles. The highest BCUT2D eigenvalue weighted by atomic mass is 19.4. The van der Waals surface area contributed by atoms with E-state index in [0.717, 1.165) is 6.07 Å². The summed E-state index contributed by atoms with van der Waals surface area (Å²) in [7, 11) is 0. The second-order valence-electron chi connectivity index (χ2n) is 18.7. The molecular formula is C67H33F3N8. The molecule has 0 bridgehead atoms. The zero-order chi connectivity index (χ0) is 53.8. The number of hydrogen-bond acceptors (Lipinski definition) is 6. The predicted molar refractivity (Wildman–Crippen MR) is 296 cm³/mol. The largest absolute Gasteiger partial charge is 0.417 e. The third kappa shape index (κ3) is 7.99. The van der Waals surface area contributed by atoms with E-state index in [2.05, 4.69) is 36.4 Å². The molecule has 0 radical (unpaired) electrons. The van der Waals surface area contributed by atoms with Crippen LogP contribution in [0, 0.1) is 68.0 Å². The summed E-state index contributed by atoms with van der Waals surface area (Å²) in [4.78, 5) is 0. The first-order valence-corrected chi connectivity index (χ1v) is 24.4. The van der Waals surface area contributed by atoms with Crippen molar-refractivity contribution in [2.75, 3.05) is 0 Å². The van der Waals surface area contributed by atoms with Gasteiger partial charge in [-0.25, -0.2) is 0 Å². The second kappa shape index (κ2) is 18.8. The number of alkyl halides is 3. The minimum absolute atomic E-state index is 0.0152. The minimum atomic E-state index is -5.00. The average Bonchev–Trinajstić information content (AvgIpc) is 4.08. The van der Waals surface area contributed by atoms with Crippen molar-refractivity contribution in [3.63, 3.8) is 0 Å². The number of halogens is 3. The fraction of sp³-hybridized carbons (Fsp3) is 0.0149. The van der Waals surface area contributed by atoms with Gasteiger partial charge in [0.15, 0.2) is 0 Å². The Morgan fingerprint density at radius 1 is 0.295 bits per heavy atom. The fourth-order valence-corrected chi connectivity index (χ4v) is 10.8. The van der Waals surface area contributed by atoms with Crippen molar-refractivity contribution in [2.45, 2.75) is 6.18 Å². The maximum atomic E-state index is 16.1. The first-order chi connectivity index (χ1) is 38.0. The summed E-state index contributed by atoms with van der Waals surface area (Å²) in [5, 5.41) is 64.9. The number of nitriles is 6. The van der Waals surface area contributed by atoms with Gasteiger partial charge in [-0.15, -0.1) is 0 Å². The first-order valence-electron chi connectivity index (χ1n) is 24.4. The van der Waals surface area contributed by atoms with Crippen LogP contribution in [0.25, 0.3) is 111 Å². The van der Waals surface area contributed by atoms with Gasteiger partial charge in [0.2, 0.25) is 0 Å². The second-order valence-corrected chi connectivity index (χ2v) is 18.7. The monoisotopic (exact) mass is 1010 g/mol. The lowest BCUT2D eigenvalue weighted by atomic mass is 9.90. The van der Waals surface area contributed by atoms with E-state index in [1.165, 1.54) is 12.1 Å². The van der Waals surface area contributed by atoms with Crippen molar-refractivity contribution in [3.05, 3.63) is 239 Å². The normalized spacial score (nSPS) is 11.2. The van der Waals surface area contributed by atoms with Gasteiger partial charge in [0.25, 0.3) is 0 Å². The van der Waals surface area contributed by atoms with Crippen molar-refractivity contribution in [1.29, 1.82) is 31.6 Å². The first kappa shape index (κ1) is 47.5. The lowest BCUT2D eigenvalue weighted by Gasteiger charge is -2.24. The van der Waals surface area contributed by atoms with Gasteiger partial charge in [-0.1, -0.05) is 103 Å². The van der Waals surface area contributed by atoms with E-state index in [4.69, 9.17) is 0 Å². The number of fused-ring (bicyclic) bond motifs is 6. The topological polar surface area (TPSA) is 153 Å². The van der Waals surface area contributed by atoms with E-state index in [0.29, 0.717) is 110 Å². The molecule has 0 saturated carbocycles. The molecule has 0 N–H and O–H groups in total. The standard InChI is InChI=1S/C67H33F3N8/c68-67(69,70)58-15-5-14-53(39-76)65(58)66-63(77-59-30-49(45-10-1-6-40(24-45)34-71)16-20-54(59)55-21-17-50(31-60(55)77)46-11-2-7-41(25-46)35-72)28-44(38-75)29-64(66)78-61-32-51(47-12-3-8-42(26-47)36-73)18-22-56(61)57-23-19-52(33-62(57)78)48-13-4-9-43(27-48)37-74/h1-33H. The molecule has 0 saturated heterocycles. The quantitative estimate of drug-likeness (QED) is 0.155. The van der Waals surface area contributed by atoms with Crippen LogP contribution in [0.2, 0.25) is 0 Å². The molecule has 0 aliphatic rings. The lowest BCUT2D eigenvalue weighted by Crippen LogP contribution is -2.12. The van der Waals surface area contributed by atoms with Crippen molar-refractivity contribution >= 4 is 43.6 Å². The van der Waals surface area contributed by atoms with Crippen LogP contribution in [0.5, 0.6) is 0 Å². The third-order valence-corrected chi connectivity index (χ3v) is 14.3. The number of benzene rings is 10. The summed E-state index contributed by atoms with van der Waals surface area (Å²) in [6.45, 7) is 0. The molecule has 2 aromatic heterocycles. The smallest absolute Gasteiger partial charge is 0.308 e. The molecule has 0 atom stereocenters. The van der Waals surface area contributed by atoms with Crippen LogP contribution in [0.4, 0.5) is 13.2 Å². The van der Waals surface area contributed by atoms with E-state index in [1.807, 2.05) is 106 Å². The van der Waals surface area contributed by atoms with Crippen LogP contribution in [-0.2, 0) is 6.18 Å². The number of aromatic nitrogens is 2. The molecule has 12 rings (SSSR count). The van der Waals surface area contributed by atoms with E-state index in [1.54, 1.807) is 84.9 Å². The molecular weight excluding hydrogens is 974 g/mol. The lowest BCUT2D eigenvalue weighted by molar-refractivity contribution is -0.137. The van der Waals surface area contributed by atoms with E-state index in [9.17, 15) is 31.6 Å². The highest BCUT2D eigenvalue weighted by Gasteiger charge is 2.37. The summed E-state index contributed by atoms with van der Waals surface area (Å²) in [6, 6.07) is 71.3. The molecule has 362 valence electrons. The zero-order valence-electron chi connectivity index (χ0n) is 40.8. The Kier molecular flexibility index (Phi) is 11.4. The molecule has 0 aliphatic heterocycles. The number of nitrogens with zero attached hydrogens (tertiary/aromatic N) is 8. The predicted octanol–water partition coefficient (Wildman–Crippen LogP) is 16.5. The van der Waals surface area contributed by atoms with E-state index < -0.39 is 17.3 Å². The van der Waals surface area contributed by atoms with Crippen LogP contribution in [-0.4, -0.2) is 9.13 Å². The Morgan fingerprint density at radius 3 is 0.897 bits per heavy atom. The molecule has 0 aliphatic carbocycles. The van der Waals surface area contributed by atoms with Gasteiger partial charge < -0.3 is 9.13 Å². The van der Waals surface area contributed by atoms with Crippen molar-refractivity contribution in [3.8, 4) is 103 Å². The van der Waals surface area contributed by atoms with Crippen LogP contribution < -0.4 is 0 Å². The highest BCUT2D eigenvalue weighted by Crippen LogP contribution is 2.49. The Morgan fingerprint density at radius 2 is 0.603 bits per heavy atom. The molecule has 12 aromatic rings. The summed E-state index contributed by atoms with van der Waals surface area (Å²) in [5.74, 6) is 0. The molecule has 10 aromatic carbocycles. The van der Waals surface area contributed by atoms with Gasteiger partial charge in [0, 0.05) is 32.7 Å². The van der Waals surface area contributed by atoms with Crippen molar-refractivity contribution in [2.24, 2.45) is 0 Å². The third-order valence-electron chi connectivity index (χ3n) is 14.3. The molecule has 0 amide bonds. The molecule has 0 fully saturated rings. The Balaban J connectivity index is 1.30. The fourth-order valence-electron chi connectivity index (χ4n) is 10.8. The summed E-state index contributed by atoms with van der Waals surface area (Å²) in [5.41, 5.74) is 8.06. The van der Waals surface area contributed by atoms with Crippen LogP contribution in [0.3, 0.4) is 0 Å². The average molecular weight is 1010 g/mol. The van der Waals surface area contributed by atoms with Gasteiger partial charge in [0.05, 0.1) is 109 Å². The summed E-state index contributed by atoms with van der Waals surface area (Å²) < 4.78 is 52.0.